The van der Waals surface area contributed by atoms with Crippen LogP contribution >= 0.6 is 0 Å². The van der Waals surface area contributed by atoms with E-state index in [0.29, 0.717) is 0 Å². The number of hydrogen-bond acceptors (Lipinski definition) is 3. The number of primary amides is 1. The summed E-state index contributed by atoms with van der Waals surface area (Å²) in [5.41, 5.74) is 10.1. The summed E-state index contributed by atoms with van der Waals surface area (Å²) in [5, 5.41) is 4.83. The molecule has 7 heteroatoms. The fourth-order valence-electron chi connectivity index (χ4n) is 0.525. The molecule has 0 aromatic heterocycles. The fourth-order valence-corrected chi connectivity index (χ4v) is 0.525. The van der Waals surface area contributed by atoms with Crippen LogP contribution < -0.4 is 22.1 Å². The lowest BCUT2D eigenvalue weighted by Crippen LogP contribution is -2.32. The molecule has 0 spiro atoms. The zero-order valence-electron chi connectivity index (χ0n) is 7.78. The highest BCUT2D eigenvalue weighted by molar-refractivity contribution is 5.99. The lowest BCUT2D eigenvalue weighted by atomic mass is 10.5. The molecule has 0 aliphatic heterocycles. The molecule has 0 saturated carbocycles. The molecule has 0 aromatic rings. The van der Waals surface area contributed by atoms with E-state index in [1.807, 2.05) is 0 Å². The summed E-state index contributed by atoms with van der Waals surface area (Å²) in [6, 6.07) is -0.706. The zero-order valence-corrected chi connectivity index (χ0v) is 7.78. The maximum absolute atomic E-state index is 10.9. The Labute approximate surface area is 81.2 Å². The number of carbonyl (C=O) groups excluding carboxylic acids is 2. The second kappa shape index (κ2) is 6.46. The van der Waals surface area contributed by atoms with E-state index in [1.165, 1.54) is 12.3 Å². The Morgan fingerprint density at radius 2 is 2.07 bits per heavy atom. The minimum Gasteiger partial charge on any atom is -0.394 e. The van der Waals surface area contributed by atoms with Crippen molar-refractivity contribution in [3.8, 4) is 0 Å². The van der Waals surface area contributed by atoms with Gasteiger partial charge in [0.1, 0.15) is 5.84 Å². The van der Waals surface area contributed by atoms with Gasteiger partial charge in [-0.2, -0.15) is 4.99 Å². The highest BCUT2D eigenvalue weighted by Gasteiger charge is 1.99. The number of nitrogens with two attached hydrogens (primary N) is 2. The quantitative estimate of drug-likeness (QED) is 0.317. The lowest BCUT2D eigenvalue weighted by molar-refractivity contribution is -0.117. The average molecular weight is 199 g/mol. The normalized spacial score (nSPS) is 11.4. The van der Waals surface area contributed by atoms with Gasteiger partial charge in [-0.25, -0.2) is 4.79 Å². The Hall–Kier alpha value is -2.05. The second-order valence-electron chi connectivity index (χ2n) is 2.28. The molecule has 3 amide bonds. The molecule has 0 fully saturated rings. The van der Waals surface area contributed by atoms with Crippen LogP contribution in [0, 0.1) is 0 Å². The average Bonchev–Trinajstić information content (AvgIpc) is 2.11. The van der Waals surface area contributed by atoms with E-state index < -0.39 is 11.9 Å². The molecule has 0 heterocycles. The third-order valence-corrected chi connectivity index (χ3v) is 1.07. The van der Waals surface area contributed by atoms with Gasteiger partial charge in [-0.3, -0.25) is 4.79 Å². The highest BCUT2D eigenvalue weighted by Crippen LogP contribution is 1.77. The van der Waals surface area contributed by atoms with Gasteiger partial charge in [0.05, 0.1) is 6.54 Å². The monoisotopic (exact) mass is 199 g/mol. The van der Waals surface area contributed by atoms with E-state index in [2.05, 4.69) is 15.6 Å². The van der Waals surface area contributed by atoms with Crippen molar-refractivity contribution in [1.82, 2.24) is 10.6 Å². The second-order valence-corrected chi connectivity index (χ2v) is 2.28. The number of amides is 3. The van der Waals surface area contributed by atoms with E-state index in [9.17, 15) is 9.59 Å². The molecule has 0 unspecified atom stereocenters. The summed E-state index contributed by atoms with van der Waals surface area (Å²) < 4.78 is 0. The number of hydrogen-bond donors (Lipinski definition) is 4. The van der Waals surface area contributed by atoms with Gasteiger partial charge in [0.25, 0.3) is 0 Å². The first kappa shape index (κ1) is 11.9. The van der Waals surface area contributed by atoms with Crippen molar-refractivity contribution in [3.05, 3.63) is 12.3 Å². The number of rotatable bonds is 4. The summed E-state index contributed by atoms with van der Waals surface area (Å²) in [7, 11) is 1.68. The molecular weight excluding hydrogens is 186 g/mol. The Kier molecular flexibility index (Phi) is 5.52. The van der Waals surface area contributed by atoms with Crippen molar-refractivity contribution < 1.29 is 9.59 Å². The molecule has 0 aliphatic carbocycles. The molecule has 0 atom stereocenters. The molecule has 0 rings (SSSR count). The molecule has 7 nitrogen and oxygen atoms in total. The van der Waals surface area contributed by atoms with Crippen molar-refractivity contribution in [3.63, 3.8) is 0 Å². The van der Waals surface area contributed by atoms with Gasteiger partial charge in [-0.05, 0) is 12.3 Å². The number of aliphatic imine (C=N–C) groups is 1. The number of nitrogens with one attached hydrogen (secondary N) is 2. The van der Waals surface area contributed by atoms with Gasteiger partial charge < -0.3 is 22.1 Å². The van der Waals surface area contributed by atoms with Crippen molar-refractivity contribution in [2.75, 3.05) is 13.6 Å². The van der Waals surface area contributed by atoms with Crippen LogP contribution in [0.3, 0.4) is 0 Å². The van der Waals surface area contributed by atoms with Crippen molar-refractivity contribution in [2.24, 2.45) is 16.5 Å². The Morgan fingerprint density at radius 1 is 1.43 bits per heavy atom. The van der Waals surface area contributed by atoms with Gasteiger partial charge in [-0.15, -0.1) is 0 Å². The van der Waals surface area contributed by atoms with Gasteiger partial charge in [0.2, 0.25) is 5.91 Å². The molecule has 14 heavy (non-hydrogen) atoms. The van der Waals surface area contributed by atoms with Gasteiger partial charge in [-0.1, -0.05) is 0 Å². The van der Waals surface area contributed by atoms with Crippen molar-refractivity contribution in [2.45, 2.75) is 0 Å². The van der Waals surface area contributed by atoms with E-state index in [0.717, 1.165) is 0 Å². The third-order valence-electron chi connectivity index (χ3n) is 1.07. The van der Waals surface area contributed by atoms with Crippen LogP contribution in [0.5, 0.6) is 0 Å². The van der Waals surface area contributed by atoms with Gasteiger partial charge >= 0.3 is 6.03 Å². The number of carbonyl (C=O) groups is 2. The van der Waals surface area contributed by atoms with Gasteiger partial charge in [0, 0.05) is 7.05 Å². The molecule has 6 N–H and O–H groups in total. The molecule has 0 aliphatic rings. The summed E-state index contributed by atoms with van der Waals surface area (Å²) in [5.74, 6) is -0.612. The highest BCUT2D eigenvalue weighted by atomic mass is 16.2. The van der Waals surface area contributed by atoms with Gasteiger partial charge in [0.15, 0.2) is 0 Å². The van der Waals surface area contributed by atoms with Crippen molar-refractivity contribution >= 4 is 17.8 Å². The molecular formula is C7H13N5O2. The van der Waals surface area contributed by atoms with Crippen LogP contribution in [0.2, 0.25) is 0 Å². The summed E-state index contributed by atoms with van der Waals surface area (Å²) in [6.07, 6.45) is 2.92. The maximum Gasteiger partial charge on any atom is 0.343 e. The number of urea groups is 1. The summed E-state index contributed by atoms with van der Waals surface area (Å²) in [6.45, 7) is -0.259. The molecule has 0 saturated heterocycles. The summed E-state index contributed by atoms with van der Waals surface area (Å²) >= 11 is 0. The SMILES string of the molecule is CN/C=C\C(N)=N/C(=O)NCC(N)=O. The smallest absolute Gasteiger partial charge is 0.343 e. The first-order valence-electron chi connectivity index (χ1n) is 3.80. The minimum atomic E-state index is -0.706. The number of amidine groups is 1. The van der Waals surface area contributed by atoms with Crippen molar-refractivity contribution in [1.29, 1.82) is 0 Å². The third kappa shape index (κ3) is 6.65. The first-order chi connectivity index (χ1) is 6.56. The van der Waals surface area contributed by atoms with Crippen LogP contribution in [0.1, 0.15) is 0 Å². The Morgan fingerprint density at radius 3 is 2.57 bits per heavy atom. The minimum absolute atomic E-state index is 0.0290. The van der Waals surface area contributed by atoms with E-state index in [1.54, 1.807) is 7.05 Å². The molecule has 0 radical (unpaired) electrons. The van der Waals surface area contributed by atoms with E-state index in [4.69, 9.17) is 11.5 Å². The van der Waals surface area contributed by atoms with Crippen LogP contribution in [0.4, 0.5) is 4.79 Å². The predicted molar refractivity (Wildman–Crippen MR) is 52.4 cm³/mol. The van der Waals surface area contributed by atoms with Crippen LogP contribution in [0.15, 0.2) is 17.3 Å². The lowest BCUT2D eigenvalue weighted by Gasteiger charge is -1.97. The zero-order chi connectivity index (χ0) is 11.0. The van der Waals surface area contributed by atoms with Crippen LogP contribution in [0.25, 0.3) is 0 Å². The topological polar surface area (TPSA) is 123 Å². The predicted octanol–water partition coefficient (Wildman–Crippen LogP) is -1.73. The first-order valence-corrected chi connectivity index (χ1v) is 3.80. The molecule has 0 aromatic carbocycles. The van der Waals surface area contributed by atoms with Crippen LogP contribution in [-0.2, 0) is 4.79 Å². The maximum atomic E-state index is 10.9. The fraction of sp³-hybridized carbons (Fsp3) is 0.286. The number of nitrogens with zero attached hydrogens (tertiary/aromatic N) is 1. The standard InChI is InChI=1S/C7H13N5O2/c1-10-3-2-5(8)12-7(14)11-4-6(9)13/h2-3,10H,4H2,1H3,(H2,9,13)(H3,8,11,12,14)/b3-2-. The van der Waals surface area contributed by atoms with E-state index >= 15 is 0 Å². The Balaban J connectivity index is 4.02. The van der Waals surface area contributed by atoms with Crippen LogP contribution in [-0.4, -0.2) is 31.4 Å². The largest absolute Gasteiger partial charge is 0.394 e. The summed E-state index contributed by atoms with van der Waals surface area (Å²) in [4.78, 5) is 24.5. The Bertz CT molecular complexity index is 271. The molecule has 78 valence electrons. The molecule has 0 bridgehead atoms. The van der Waals surface area contributed by atoms with E-state index in [-0.39, 0.29) is 12.4 Å².